The summed E-state index contributed by atoms with van der Waals surface area (Å²) >= 11 is 1.39. The van der Waals surface area contributed by atoms with Crippen molar-refractivity contribution in [3.05, 3.63) is 53.0 Å². The van der Waals surface area contributed by atoms with Crippen molar-refractivity contribution in [1.82, 2.24) is 4.98 Å². The molecule has 2 aromatic heterocycles. The average molecular weight is 380 g/mol. The van der Waals surface area contributed by atoms with Gasteiger partial charge in [0.25, 0.3) is 0 Å². The highest BCUT2D eigenvalue weighted by Gasteiger charge is 2.18. The minimum Gasteiger partial charge on any atom is -0.486 e. The molecular weight excluding hydrogens is 364 g/mol. The first kappa shape index (κ1) is 17.2. The van der Waals surface area contributed by atoms with E-state index in [4.69, 9.17) is 18.9 Å². The maximum atomic E-state index is 9.65. The van der Waals surface area contributed by atoms with Gasteiger partial charge >= 0.3 is 0 Å². The number of methoxy groups -OCH3 is 1. The van der Waals surface area contributed by atoms with Crippen molar-refractivity contribution < 1.29 is 18.9 Å². The van der Waals surface area contributed by atoms with Crippen molar-refractivity contribution in [3.63, 3.8) is 0 Å². The van der Waals surface area contributed by atoms with Crippen molar-refractivity contribution in [1.29, 1.82) is 5.26 Å². The first-order valence-electron chi connectivity index (χ1n) is 8.33. The van der Waals surface area contributed by atoms with Gasteiger partial charge in [0.15, 0.2) is 16.6 Å². The van der Waals surface area contributed by atoms with Crippen LogP contribution in [0.25, 0.3) is 11.1 Å². The number of fused-ring (bicyclic) bond motifs is 1. The molecule has 6 nitrogen and oxygen atoms in total. The lowest BCUT2D eigenvalue weighted by atomic mass is 10.0. The summed E-state index contributed by atoms with van der Waals surface area (Å²) in [5.41, 5.74) is 2.93. The lowest BCUT2D eigenvalue weighted by Crippen LogP contribution is -2.15. The highest BCUT2D eigenvalue weighted by molar-refractivity contribution is 7.12. The summed E-state index contributed by atoms with van der Waals surface area (Å²) in [6.07, 6.45) is 0. The molecule has 0 amide bonds. The second-order valence-electron chi connectivity index (χ2n) is 5.74. The van der Waals surface area contributed by atoms with E-state index in [2.05, 4.69) is 11.1 Å². The zero-order valence-electron chi connectivity index (χ0n) is 14.6. The van der Waals surface area contributed by atoms with Gasteiger partial charge in [-0.1, -0.05) is 12.1 Å². The zero-order valence-corrected chi connectivity index (χ0v) is 15.4. The van der Waals surface area contributed by atoms with Crippen molar-refractivity contribution >= 4 is 11.3 Å². The maximum Gasteiger partial charge on any atom is 0.213 e. The number of hydrogen-bond donors (Lipinski definition) is 0. The molecule has 0 saturated heterocycles. The molecule has 0 unspecified atom stereocenters. The van der Waals surface area contributed by atoms with Gasteiger partial charge in [0.1, 0.15) is 31.5 Å². The minimum atomic E-state index is 0.257. The molecule has 0 N–H and O–H groups in total. The third-order valence-electron chi connectivity index (χ3n) is 4.06. The Balaban J connectivity index is 1.58. The standard InChI is InChI=1S/C20H16N2O4S/c1-23-19-4-2-3-14(22-19)11-26-20-15(10-21)16(12-27-20)13-5-6-17-18(9-13)25-8-7-24-17/h2-6,9,12H,7-8,11H2,1H3. The Bertz CT molecular complexity index is 1010. The highest BCUT2D eigenvalue weighted by Crippen LogP contribution is 2.40. The van der Waals surface area contributed by atoms with E-state index in [1.54, 1.807) is 13.2 Å². The average Bonchev–Trinajstić information content (AvgIpc) is 3.15. The maximum absolute atomic E-state index is 9.65. The third-order valence-corrected chi connectivity index (χ3v) is 4.95. The first-order valence-corrected chi connectivity index (χ1v) is 9.21. The van der Waals surface area contributed by atoms with E-state index >= 15 is 0 Å². The Labute approximate surface area is 160 Å². The molecule has 3 aromatic rings. The van der Waals surface area contributed by atoms with Crippen LogP contribution >= 0.6 is 11.3 Å². The SMILES string of the molecule is COc1cccc(COc2scc(-c3ccc4c(c3)OCCO4)c2C#N)n1. The van der Waals surface area contributed by atoms with E-state index < -0.39 is 0 Å². The molecule has 4 rings (SSSR count). The van der Waals surface area contributed by atoms with Crippen molar-refractivity contribution in [2.45, 2.75) is 6.61 Å². The first-order chi connectivity index (χ1) is 13.3. The molecule has 1 aromatic carbocycles. The van der Waals surface area contributed by atoms with Gasteiger partial charge in [-0.05, 0) is 23.8 Å². The summed E-state index contributed by atoms with van der Waals surface area (Å²) in [6.45, 7) is 1.32. The molecule has 27 heavy (non-hydrogen) atoms. The lowest BCUT2D eigenvalue weighted by Gasteiger charge is -2.18. The van der Waals surface area contributed by atoms with Crippen LogP contribution in [0.5, 0.6) is 22.4 Å². The molecule has 1 aliphatic rings. The van der Waals surface area contributed by atoms with Gasteiger partial charge < -0.3 is 18.9 Å². The van der Waals surface area contributed by atoms with Gasteiger partial charge in [-0.25, -0.2) is 4.98 Å². The predicted octanol–water partition coefficient (Wildman–Crippen LogP) is 4.04. The van der Waals surface area contributed by atoms with Crippen LogP contribution in [0.15, 0.2) is 41.8 Å². The van der Waals surface area contributed by atoms with Crippen molar-refractivity contribution in [2.75, 3.05) is 20.3 Å². The summed E-state index contributed by atoms with van der Waals surface area (Å²) in [4.78, 5) is 4.32. The van der Waals surface area contributed by atoms with Gasteiger partial charge in [-0.2, -0.15) is 5.26 Å². The predicted molar refractivity (Wildman–Crippen MR) is 101 cm³/mol. The van der Waals surface area contributed by atoms with E-state index in [0.29, 0.717) is 35.5 Å². The van der Waals surface area contributed by atoms with Gasteiger partial charge in [-0.15, -0.1) is 11.3 Å². The number of hydrogen-bond acceptors (Lipinski definition) is 7. The van der Waals surface area contributed by atoms with Gasteiger partial charge in [-0.3, -0.25) is 0 Å². The molecule has 3 heterocycles. The number of benzene rings is 1. The summed E-state index contributed by atoms with van der Waals surface area (Å²) < 4.78 is 22.2. The van der Waals surface area contributed by atoms with Crippen LogP contribution in [-0.2, 0) is 6.61 Å². The molecule has 0 radical (unpaired) electrons. The second-order valence-corrected chi connectivity index (χ2v) is 6.58. The summed E-state index contributed by atoms with van der Waals surface area (Å²) in [6, 6.07) is 13.4. The van der Waals surface area contributed by atoms with Crippen LogP contribution in [0.4, 0.5) is 0 Å². The summed E-state index contributed by atoms with van der Waals surface area (Å²) in [5.74, 6) is 1.94. The number of pyridine rings is 1. The molecule has 0 aliphatic carbocycles. The minimum absolute atomic E-state index is 0.257. The van der Waals surface area contributed by atoms with Gasteiger partial charge in [0.2, 0.25) is 5.88 Å². The monoisotopic (exact) mass is 380 g/mol. The number of rotatable bonds is 5. The molecule has 0 saturated carbocycles. The molecule has 0 atom stereocenters. The van der Waals surface area contributed by atoms with Gasteiger partial charge in [0, 0.05) is 17.0 Å². The smallest absolute Gasteiger partial charge is 0.213 e. The molecule has 0 spiro atoms. The summed E-state index contributed by atoms with van der Waals surface area (Å²) in [7, 11) is 1.57. The quantitative estimate of drug-likeness (QED) is 0.665. The molecule has 136 valence electrons. The Morgan fingerprint density at radius 3 is 2.85 bits per heavy atom. The topological polar surface area (TPSA) is 73.6 Å². The molecule has 0 fully saturated rings. The molecule has 0 bridgehead atoms. The molecule has 7 heteroatoms. The number of aromatic nitrogens is 1. The number of nitrogens with zero attached hydrogens (tertiary/aromatic N) is 2. The van der Waals surface area contributed by atoms with Crippen LogP contribution in [0.3, 0.4) is 0 Å². The van der Waals surface area contributed by atoms with E-state index in [1.807, 2.05) is 35.7 Å². The fourth-order valence-corrected chi connectivity index (χ4v) is 3.65. The van der Waals surface area contributed by atoms with Crippen LogP contribution in [-0.4, -0.2) is 25.3 Å². The molecular formula is C20H16N2O4S. The van der Waals surface area contributed by atoms with Crippen molar-refractivity contribution in [2.24, 2.45) is 0 Å². The zero-order chi connectivity index (χ0) is 18.6. The fraction of sp³-hybridized carbons (Fsp3) is 0.200. The number of nitriles is 1. The van der Waals surface area contributed by atoms with Crippen LogP contribution in [0.2, 0.25) is 0 Å². The Morgan fingerprint density at radius 1 is 1.19 bits per heavy atom. The van der Waals surface area contributed by atoms with E-state index in [0.717, 1.165) is 22.6 Å². The van der Waals surface area contributed by atoms with Crippen molar-refractivity contribution in [3.8, 4) is 39.6 Å². The van der Waals surface area contributed by atoms with E-state index in [-0.39, 0.29) is 6.61 Å². The van der Waals surface area contributed by atoms with Crippen LogP contribution in [0.1, 0.15) is 11.3 Å². The van der Waals surface area contributed by atoms with Gasteiger partial charge in [0.05, 0.1) is 12.8 Å². The Morgan fingerprint density at radius 2 is 2.04 bits per heavy atom. The Hall–Kier alpha value is -3.24. The molecule has 1 aliphatic heterocycles. The van der Waals surface area contributed by atoms with Crippen LogP contribution in [0, 0.1) is 11.3 Å². The number of thiophene rings is 1. The second kappa shape index (κ2) is 7.56. The van der Waals surface area contributed by atoms with E-state index in [1.165, 1.54) is 11.3 Å². The van der Waals surface area contributed by atoms with Crippen LogP contribution < -0.4 is 18.9 Å². The third kappa shape index (κ3) is 3.52. The lowest BCUT2D eigenvalue weighted by molar-refractivity contribution is 0.171. The summed E-state index contributed by atoms with van der Waals surface area (Å²) in [5, 5.41) is 12.1. The highest BCUT2D eigenvalue weighted by atomic mass is 32.1. The number of ether oxygens (including phenoxy) is 4. The Kier molecular flexibility index (Phi) is 4.81. The van der Waals surface area contributed by atoms with E-state index in [9.17, 15) is 5.26 Å². The fourth-order valence-electron chi connectivity index (χ4n) is 2.77. The largest absolute Gasteiger partial charge is 0.486 e. The normalized spacial score (nSPS) is 12.3.